The van der Waals surface area contributed by atoms with Crippen LogP contribution in [-0.4, -0.2) is 37.2 Å². The largest absolute Gasteiger partial charge is 0.462 e. The molecule has 0 aliphatic heterocycles. The first kappa shape index (κ1) is 59.4. The van der Waals surface area contributed by atoms with E-state index < -0.39 is 6.10 Å². The molecule has 0 spiro atoms. The monoisotopic (exact) mass is 863 g/mol. The van der Waals surface area contributed by atoms with E-state index in [0.717, 1.165) is 63.7 Å². The predicted molar refractivity (Wildman–Crippen MR) is 261 cm³/mol. The average molecular weight is 863 g/mol. The minimum atomic E-state index is -0.761. The molecule has 0 amide bonds. The van der Waals surface area contributed by atoms with Crippen molar-refractivity contribution < 1.29 is 28.6 Å². The van der Waals surface area contributed by atoms with Crippen LogP contribution in [0.5, 0.6) is 0 Å². The molecule has 0 unspecified atom stereocenters. The van der Waals surface area contributed by atoms with E-state index in [9.17, 15) is 14.4 Å². The van der Waals surface area contributed by atoms with Crippen LogP contribution >= 0.6 is 0 Å². The summed E-state index contributed by atoms with van der Waals surface area (Å²) >= 11 is 0. The first-order valence-electron chi connectivity index (χ1n) is 27.4. The minimum Gasteiger partial charge on any atom is -0.462 e. The highest BCUT2D eigenvalue weighted by atomic mass is 16.6. The summed E-state index contributed by atoms with van der Waals surface area (Å²) < 4.78 is 16.8. The summed E-state index contributed by atoms with van der Waals surface area (Å²) in [4.78, 5) is 38.0. The summed E-state index contributed by atoms with van der Waals surface area (Å²) in [5.74, 6) is -0.0240. The first-order chi connectivity index (χ1) is 29.9. The zero-order chi connectivity index (χ0) is 44.5. The van der Waals surface area contributed by atoms with E-state index in [2.05, 4.69) is 27.7 Å². The summed E-state index contributed by atoms with van der Waals surface area (Å²) in [6, 6.07) is 0. The molecule has 6 heteroatoms. The normalized spacial score (nSPS) is 12.0. The highest BCUT2D eigenvalue weighted by Gasteiger charge is 2.19. The van der Waals surface area contributed by atoms with Crippen LogP contribution in [0.4, 0.5) is 0 Å². The number of ether oxygens (including phenoxy) is 3. The SMILES string of the molecule is CCCCCCCCCCCCCCCCCCC(=O)OC[C@@H](COC(=O)CCCCCCCCCCCCCCCC)OC(=O)CCCCCCCCCCCCC(C)C. The van der Waals surface area contributed by atoms with Crippen LogP contribution in [0.3, 0.4) is 0 Å². The van der Waals surface area contributed by atoms with Crippen LogP contribution in [0.25, 0.3) is 0 Å². The van der Waals surface area contributed by atoms with Crippen LogP contribution in [-0.2, 0) is 28.6 Å². The van der Waals surface area contributed by atoms with Crippen molar-refractivity contribution in [3.63, 3.8) is 0 Å². The van der Waals surface area contributed by atoms with E-state index in [1.165, 1.54) is 205 Å². The number of carbonyl (C=O) groups is 3. The lowest BCUT2D eigenvalue weighted by Gasteiger charge is -2.18. The van der Waals surface area contributed by atoms with Gasteiger partial charge in [-0.15, -0.1) is 0 Å². The molecule has 0 aromatic carbocycles. The molecule has 61 heavy (non-hydrogen) atoms. The lowest BCUT2D eigenvalue weighted by atomic mass is 10.0. The van der Waals surface area contributed by atoms with E-state index in [4.69, 9.17) is 14.2 Å². The fraction of sp³-hybridized carbons (Fsp3) is 0.945. The van der Waals surface area contributed by atoms with E-state index in [0.29, 0.717) is 19.3 Å². The van der Waals surface area contributed by atoms with Crippen LogP contribution in [0.15, 0.2) is 0 Å². The molecule has 0 aromatic rings. The van der Waals surface area contributed by atoms with Crippen molar-refractivity contribution in [1.29, 1.82) is 0 Å². The summed E-state index contributed by atoms with van der Waals surface area (Å²) in [6.07, 6.45) is 52.3. The zero-order valence-corrected chi connectivity index (χ0v) is 41.6. The summed E-state index contributed by atoms with van der Waals surface area (Å²) in [6.45, 7) is 9.03. The van der Waals surface area contributed by atoms with Gasteiger partial charge in [-0.2, -0.15) is 0 Å². The van der Waals surface area contributed by atoms with Gasteiger partial charge in [-0.1, -0.05) is 272 Å². The maximum atomic E-state index is 12.8. The van der Waals surface area contributed by atoms with Gasteiger partial charge in [-0.3, -0.25) is 14.4 Å². The number of unbranched alkanes of at least 4 members (excludes halogenated alkanes) is 37. The van der Waals surface area contributed by atoms with Gasteiger partial charge in [0.1, 0.15) is 13.2 Å². The lowest BCUT2D eigenvalue weighted by Crippen LogP contribution is -2.30. The van der Waals surface area contributed by atoms with Gasteiger partial charge in [0, 0.05) is 19.3 Å². The zero-order valence-electron chi connectivity index (χ0n) is 41.6. The van der Waals surface area contributed by atoms with Gasteiger partial charge in [0.05, 0.1) is 0 Å². The third-order valence-corrected chi connectivity index (χ3v) is 12.5. The summed E-state index contributed by atoms with van der Waals surface area (Å²) in [5.41, 5.74) is 0. The Hall–Kier alpha value is -1.59. The van der Waals surface area contributed by atoms with Crippen LogP contribution in [0.2, 0.25) is 0 Å². The maximum absolute atomic E-state index is 12.8. The number of hydrogen-bond acceptors (Lipinski definition) is 6. The molecular formula is C55H106O6. The molecule has 0 aliphatic carbocycles. The Labute approximate surface area is 380 Å². The third kappa shape index (κ3) is 49.3. The molecule has 362 valence electrons. The van der Waals surface area contributed by atoms with Gasteiger partial charge in [-0.05, 0) is 25.2 Å². The van der Waals surface area contributed by atoms with Crippen molar-refractivity contribution in [2.75, 3.05) is 13.2 Å². The van der Waals surface area contributed by atoms with Gasteiger partial charge in [0.2, 0.25) is 0 Å². The van der Waals surface area contributed by atoms with E-state index in [-0.39, 0.29) is 31.1 Å². The smallest absolute Gasteiger partial charge is 0.306 e. The summed E-state index contributed by atoms with van der Waals surface area (Å²) in [7, 11) is 0. The standard InChI is InChI=1S/C55H106O6/c1-5-7-9-11-13-15-17-19-21-22-24-26-31-35-39-43-47-54(57)60-50-52(61-55(58)48-44-40-36-32-28-27-29-33-37-41-45-51(3)4)49-59-53(56)46-42-38-34-30-25-23-20-18-16-14-12-10-8-6-2/h51-52H,5-50H2,1-4H3/t52-/m1/s1. The van der Waals surface area contributed by atoms with Crippen molar-refractivity contribution in [2.24, 2.45) is 5.92 Å². The molecule has 0 heterocycles. The van der Waals surface area contributed by atoms with Crippen molar-refractivity contribution in [3.8, 4) is 0 Å². The fourth-order valence-electron chi connectivity index (χ4n) is 8.39. The molecule has 0 radical (unpaired) electrons. The van der Waals surface area contributed by atoms with Crippen molar-refractivity contribution in [3.05, 3.63) is 0 Å². The second kappa shape index (κ2) is 49.4. The highest BCUT2D eigenvalue weighted by Crippen LogP contribution is 2.17. The van der Waals surface area contributed by atoms with Crippen LogP contribution < -0.4 is 0 Å². The fourth-order valence-corrected chi connectivity index (χ4v) is 8.39. The van der Waals surface area contributed by atoms with Gasteiger partial charge in [0.25, 0.3) is 0 Å². The van der Waals surface area contributed by atoms with Gasteiger partial charge in [0.15, 0.2) is 6.10 Å². The summed E-state index contributed by atoms with van der Waals surface area (Å²) in [5, 5.41) is 0. The Morgan fingerprint density at radius 3 is 0.803 bits per heavy atom. The Morgan fingerprint density at radius 1 is 0.311 bits per heavy atom. The van der Waals surface area contributed by atoms with Crippen molar-refractivity contribution >= 4 is 17.9 Å². The Balaban J connectivity index is 4.29. The molecule has 0 rings (SSSR count). The number of hydrogen-bond donors (Lipinski definition) is 0. The molecule has 0 bridgehead atoms. The molecule has 0 N–H and O–H groups in total. The van der Waals surface area contributed by atoms with Crippen molar-refractivity contribution in [1.82, 2.24) is 0 Å². The van der Waals surface area contributed by atoms with Gasteiger partial charge >= 0.3 is 17.9 Å². The molecule has 0 saturated carbocycles. The minimum absolute atomic E-state index is 0.0625. The Kier molecular flexibility index (Phi) is 48.1. The van der Waals surface area contributed by atoms with Crippen molar-refractivity contribution in [2.45, 2.75) is 316 Å². The molecule has 0 aromatic heterocycles. The topological polar surface area (TPSA) is 78.9 Å². The van der Waals surface area contributed by atoms with Gasteiger partial charge in [-0.25, -0.2) is 0 Å². The highest BCUT2D eigenvalue weighted by molar-refractivity contribution is 5.71. The second-order valence-corrected chi connectivity index (χ2v) is 19.3. The molecule has 0 saturated heterocycles. The Bertz CT molecular complexity index is 918. The average Bonchev–Trinajstić information content (AvgIpc) is 3.24. The first-order valence-corrected chi connectivity index (χ1v) is 27.4. The van der Waals surface area contributed by atoms with Crippen LogP contribution in [0.1, 0.15) is 310 Å². The second-order valence-electron chi connectivity index (χ2n) is 19.3. The third-order valence-electron chi connectivity index (χ3n) is 12.5. The van der Waals surface area contributed by atoms with E-state index >= 15 is 0 Å². The molecule has 6 nitrogen and oxygen atoms in total. The lowest BCUT2D eigenvalue weighted by molar-refractivity contribution is -0.167. The number of rotatable bonds is 50. The predicted octanol–water partition coefficient (Wildman–Crippen LogP) is 17.8. The number of esters is 3. The van der Waals surface area contributed by atoms with Gasteiger partial charge < -0.3 is 14.2 Å². The molecule has 1 atom stereocenters. The quantitative estimate of drug-likeness (QED) is 0.0344. The van der Waals surface area contributed by atoms with E-state index in [1.54, 1.807) is 0 Å². The molecule has 0 aliphatic rings. The number of carbonyl (C=O) groups excluding carboxylic acids is 3. The Morgan fingerprint density at radius 2 is 0.541 bits per heavy atom. The van der Waals surface area contributed by atoms with Crippen LogP contribution in [0, 0.1) is 5.92 Å². The molecular weight excluding hydrogens is 757 g/mol. The maximum Gasteiger partial charge on any atom is 0.306 e. The van der Waals surface area contributed by atoms with E-state index in [1.807, 2.05) is 0 Å². The molecule has 0 fully saturated rings.